The Bertz CT molecular complexity index is 1260. The summed E-state index contributed by atoms with van der Waals surface area (Å²) in [5.41, 5.74) is 2.69. The number of benzene rings is 1. The third-order valence-electron chi connectivity index (χ3n) is 5.64. The van der Waals surface area contributed by atoms with E-state index >= 15 is 0 Å². The Hall–Kier alpha value is -4.33. The summed E-state index contributed by atoms with van der Waals surface area (Å²) in [4.78, 5) is 40.8. The summed E-state index contributed by atoms with van der Waals surface area (Å²) in [5.74, 6) is 0.280. The monoisotopic (exact) mass is 438 g/mol. The Balaban J connectivity index is 1.45. The van der Waals surface area contributed by atoms with E-state index in [1.54, 1.807) is 48.0 Å². The number of nitrogens with zero attached hydrogens (tertiary/aromatic N) is 5. The molecular formula is C25H22N6O2. The van der Waals surface area contributed by atoms with E-state index in [1.165, 1.54) is 0 Å². The van der Waals surface area contributed by atoms with Crippen molar-refractivity contribution in [1.29, 1.82) is 0 Å². The molecule has 1 aliphatic heterocycles. The van der Waals surface area contributed by atoms with E-state index in [-0.39, 0.29) is 11.8 Å². The van der Waals surface area contributed by atoms with Gasteiger partial charge in [0.25, 0.3) is 11.8 Å². The summed E-state index contributed by atoms with van der Waals surface area (Å²) in [6.07, 6.45) is 8.38. The van der Waals surface area contributed by atoms with E-state index in [0.717, 1.165) is 11.1 Å². The van der Waals surface area contributed by atoms with Crippen LogP contribution in [0.3, 0.4) is 0 Å². The van der Waals surface area contributed by atoms with Gasteiger partial charge >= 0.3 is 0 Å². The van der Waals surface area contributed by atoms with Gasteiger partial charge in [0.2, 0.25) is 0 Å². The third-order valence-corrected chi connectivity index (χ3v) is 5.64. The molecule has 4 aromatic rings. The fourth-order valence-electron chi connectivity index (χ4n) is 4.03. The van der Waals surface area contributed by atoms with Crippen molar-refractivity contribution in [2.24, 2.45) is 0 Å². The Labute approximate surface area is 190 Å². The summed E-state index contributed by atoms with van der Waals surface area (Å²) in [5, 5.41) is 2.90. The second kappa shape index (κ2) is 9.04. The highest BCUT2D eigenvalue weighted by Gasteiger charge is 2.35. The lowest BCUT2D eigenvalue weighted by Gasteiger charge is -2.36. The maximum Gasteiger partial charge on any atom is 0.271 e. The van der Waals surface area contributed by atoms with Gasteiger partial charge < -0.3 is 14.8 Å². The van der Waals surface area contributed by atoms with Gasteiger partial charge in [-0.25, -0.2) is 4.98 Å². The van der Waals surface area contributed by atoms with Gasteiger partial charge in [-0.3, -0.25) is 19.6 Å². The number of rotatable bonds is 5. The topological polar surface area (TPSA) is 93.0 Å². The molecule has 33 heavy (non-hydrogen) atoms. The maximum absolute atomic E-state index is 13.4. The summed E-state index contributed by atoms with van der Waals surface area (Å²) >= 11 is 0. The highest BCUT2D eigenvalue weighted by molar-refractivity contribution is 5.95. The number of hydrogen-bond acceptors (Lipinski definition) is 5. The quantitative estimate of drug-likeness (QED) is 0.517. The lowest BCUT2D eigenvalue weighted by atomic mass is 10.0. The molecule has 0 bridgehead atoms. The highest BCUT2D eigenvalue weighted by Crippen LogP contribution is 2.32. The first-order valence-corrected chi connectivity index (χ1v) is 10.7. The molecule has 1 atom stereocenters. The van der Waals surface area contributed by atoms with Crippen LogP contribution in [0.1, 0.15) is 43.8 Å². The van der Waals surface area contributed by atoms with Crippen LogP contribution in [0.4, 0.5) is 0 Å². The van der Waals surface area contributed by atoms with Crippen molar-refractivity contribution in [2.45, 2.75) is 19.1 Å². The van der Waals surface area contributed by atoms with Crippen LogP contribution in [0, 0.1) is 0 Å². The lowest BCUT2D eigenvalue weighted by Crippen LogP contribution is -2.42. The molecule has 0 aliphatic carbocycles. The summed E-state index contributed by atoms with van der Waals surface area (Å²) < 4.78 is 1.96. The normalized spacial score (nSPS) is 15.0. The second-order valence-electron chi connectivity index (χ2n) is 7.78. The minimum atomic E-state index is -0.410. The first-order valence-electron chi connectivity index (χ1n) is 10.7. The van der Waals surface area contributed by atoms with Crippen LogP contribution in [0.5, 0.6) is 0 Å². The molecule has 0 fully saturated rings. The smallest absolute Gasteiger partial charge is 0.271 e. The van der Waals surface area contributed by atoms with Gasteiger partial charge in [-0.2, -0.15) is 0 Å². The minimum absolute atomic E-state index is 0.117. The molecule has 8 heteroatoms. The fourth-order valence-corrected chi connectivity index (χ4v) is 4.03. The van der Waals surface area contributed by atoms with Crippen molar-refractivity contribution in [3.8, 4) is 0 Å². The standard InChI is InChI=1S/C25H22N6O2/c32-24(28-15-18-6-4-10-26-14-18)21-17-30-12-13-31(25(33)20-9-5-11-27-16-20)22(23(30)29-21)19-7-2-1-3-8-19/h1-11,14,16-17,22H,12-13,15H2,(H,28,32). The Morgan fingerprint density at radius 3 is 2.45 bits per heavy atom. The molecule has 5 rings (SSSR count). The number of imidazole rings is 1. The average molecular weight is 438 g/mol. The van der Waals surface area contributed by atoms with Crippen LogP contribution >= 0.6 is 0 Å². The van der Waals surface area contributed by atoms with E-state index in [4.69, 9.17) is 0 Å². The van der Waals surface area contributed by atoms with E-state index in [0.29, 0.717) is 36.7 Å². The maximum atomic E-state index is 13.4. The van der Waals surface area contributed by atoms with Gasteiger partial charge in [-0.15, -0.1) is 0 Å². The molecule has 1 aliphatic rings. The van der Waals surface area contributed by atoms with Crippen LogP contribution in [-0.4, -0.2) is 42.8 Å². The molecule has 1 N–H and O–H groups in total. The molecule has 2 amide bonds. The summed E-state index contributed by atoms with van der Waals surface area (Å²) in [7, 11) is 0. The van der Waals surface area contributed by atoms with Crippen LogP contribution < -0.4 is 5.32 Å². The molecule has 1 unspecified atom stereocenters. The number of carbonyl (C=O) groups excluding carboxylic acids is 2. The van der Waals surface area contributed by atoms with Crippen molar-refractivity contribution < 1.29 is 9.59 Å². The fraction of sp³-hybridized carbons (Fsp3) is 0.160. The molecule has 3 aromatic heterocycles. The number of aromatic nitrogens is 4. The zero-order chi connectivity index (χ0) is 22.6. The average Bonchev–Trinajstić information content (AvgIpc) is 3.32. The van der Waals surface area contributed by atoms with Gasteiger partial charge in [0.15, 0.2) is 0 Å². The number of hydrogen-bond donors (Lipinski definition) is 1. The van der Waals surface area contributed by atoms with Gasteiger partial charge in [-0.1, -0.05) is 36.4 Å². The largest absolute Gasteiger partial charge is 0.347 e. The summed E-state index contributed by atoms with van der Waals surface area (Å²) in [6, 6.07) is 16.6. The lowest BCUT2D eigenvalue weighted by molar-refractivity contribution is 0.0658. The van der Waals surface area contributed by atoms with Crippen molar-refractivity contribution in [3.05, 3.63) is 114 Å². The molecular weight excluding hydrogens is 416 g/mol. The third kappa shape index (κ3) is 4.23. The van der Waals surface area contributed by atoms with Gasteiger partial charge in [0.1, 0.15) is 17.6 Å². The minimum Gasteiger partial charge on any atom is -0.347 e. The summed E-state index contributed by atoms with van der Waals surface area (Å²) in [6.45, 7) is 1.41. The van der Waals surface area contributed by atoms with Crippen molar-refractivity contribution in [3.63, 3.8) is 0 Å². The predicted octanol–water partition coefficient (Wildman–Crippen LogP) is 2.85. The number of amides is 2. The Morgan fingerprint density at radius 1 is 0.939 bits per heavy atom. The molecule has 0 saturated carbocycles. The molecule has 0 radical (unpaired) electrons. The van der Waals surface area contributed by atoms with Gasteiger partial charge in [0.05, 0.1) is 5.56 Å². The van der Waals surface area contributed by atoms with E-state index in [1.807, 2.05) is 47.0 Å². The zero-order valence-corrected chi connectivity index (χ0v) is 17.8. The van der Waals surface area contributed by atoms with E-state index in [2.05, 4.69) is 20.3 Å². The van der Waals surface area contributed by atoms with Crippen LogP contribution in [-0.2, 0) is 13.1 Å². The number of carbonyl (C=O) groups is 2. The Kier molecular flexibility index (Phi) is 5.63. The molecule has 4 heterocycles. The van der Waals surface area contributed by atoms with Crippen LogP contribution in [0.15, 0.2) is 85.6 Å². The van der Waals surface area contributed by atoms with Crippen molar-refractivity contribution >= 4 is 11.8 Å². The highest BCUT2D eigenvalue weighted by atomic mass is 16.2. The molecule has 1 aromatic carbocycles. The molecule has 0 spiro atoms. The van der Waals surface area contributed by atoms with Crippen LogP contribution in [0.25, 0.3) is 0 Å². The van der Waals surface area contributed by atoms with E-state index < -0.39 is 6.04 Å². The zero-order valence-electron chi connectivity index (χ0n) is 17.8. The first kappa shape index (κ1) is 20.6. The van der Waals surface area contributed by atoms with E-state index in [9.17, 15) is 9.59 Å². The molecule has 164 valence electrons. The number of nitrogens with one attached hydrogen (secondary N) is 1. The number of pyridine rings is 2. The first-order chi connectivity index (χ1) is 16.2. The molecule has 8 nitrogen and oxygen atoms in total. The van der Waals surface area contributed by atoms with Gasteiger partial charge in [-0.05, 0) is 29.3 Å². The SMILES string of the molecule is O=C(NCc1cccnc1)c1cn2c(n1)C(c1ccccc1)N(C(=O)c1cccnc1)CC2. The van der Waals surface area contributed by atoms with Crippen molar-refractivity contribution in [1.82, 2.24) is 29.7 Å². The van der Waals surface area contributed by atoms with Gasteiger partial charge in [0, 0.05) is 50.6 Å². The van der Waals surface area contributed by atoms with Crippen molar-refractivity contribution in [2.75, 3.05) is 6.54 Å². The number of fused-ring (bicyclic) bond motifs is 1. The predicted molar refractivity (Wildman–Crippen MR) is 121 cm³/mol. The Morgan fingerprint density at radius 2 is 1.73 bits per heavy atom. The second-order valence-corrected chi connectivity index (χ2v) is 7.78. The van der Waals surface area contributed by atoms with Crippen LogP contribution in [0.2, 0.25) is 0 Å². The molecule has 0 saturated heterocycles.